The van der Waals surface area contributed by atoms with Crippen LogP contribution in [0.2, 0.25) is 0 Å². The van der Waals surface area contributed by atoms with Crippen molar-refractivity contribution in [3.8, 4) is 17.1 Å². The molecule has 3 heterocycles. The summed E-state index contributed by atoms with van der Waals surface area (Å²) in [7, 11) is 0. The third-order valence-electron chi connectivity index (χ3n) is 1.98. The van der Waals surface area contributed by atoms with Gasteiger partial charge in [0.1, 0.15) is 6.61 Å². The first kappa shape index (κ1) is 5.94. The monoisotopic (exact) mass is 162 g/mol. The molecule has 0 saturated heterocycles. The zero-order valence-corrected chi connectivity index (χ0v) is 6.24. The molecule has 3 nitrogen and oxygen atoms in total. The average Bonchev–Trinajstić information content (AvgIpc) is 2.71. The molecule has 0 atom stereocenters. The maximum Gasteiger partial charge on any atom is 0.179 e. The Morgan fingerprint density at radius 1 is 1.08 bits per heavy atom. The summed E-state index contributed by atoms with van der Waals surface area (Å²) in [5.41, 5.74) is 1.00. The highest BCUT2D eigenvalue weighted by molar-refractivity contribution is 5.67. The predicted molar refractivity (Wildman–Crippen MR) is 40.7 cm³/mol. The van der Waals surface area contributed by atoms with Gasteiger partial charge in [-0.25, -0.2) is 0 Å². The maximum atomic E-state index is 5.36. The minimum atomic E-state index is 0.495. The molecule has 1 aliphatic heterocycles. The molecule has 0 unspecified atom stereocenters. The molecule has 2 aromatic rings. The standard InChI is InChI=1S/C9H6O3/c1-3-10-8-5-12-7-2-4-11-9(7)6(1)8/h1-4H,5H2. The van der Waals surface area contributed by atoms with Crippen LogP contribution in [-0.4, -0.2) is 0 Å². The summed E-state index contributed by atoms with van der Waals surface area (Å²) in [5.74, 6) is 2.39. The molecular weight excluding hydrogens is 156 g/mol. The molecule has 0 aromatic carbocycles. The van der Waals surface area contributed by atoms with Gasteiger partial charge in [-0.15, -0.1) is 0 Å². The highest BCUT2D eigenvalue weighted by Crippen LogP contribution is 2.38. The van der Waals surface area contributed by atoms with E-state index in [0.717, 1.165) is 22.8 Å². The van der Waals surface area contributed by atoms with Crippen molar-refractivity contribution in [2.45, 2.75) is 6.61 Å². The van der Waals surface area contributed by atoms with E-state index >= 15 is 0 Å². The van der Waals surface area contributed by atoms with Crippen LogP contribution in [0.15, 0.2) is 33.5 Å². The number of rotatable bonds is 0. The lowest BCUT2D eigenvalue weighted by Gasteiger charge is -2.10. The third-order valence-corrected chi connectivity index (χ3v) is 1.98. The first-order valence-electron chi connectivity index (χ1n) is 3.72. The molecule has 1 aliphatic rings. The Balaban J connectivity index is 2.32. The van der Waals surface area contributed by atoms with Crippen molar-refractivity contribution in [2.24, 2.45) is 0 Å². The Hall–Kier alpha value is -1.64. The van der Waals surface area contributed by atoms with Gasteiger partial charge < -0.3 is 13.6 Å². The van der Waals surface area contributed by atoms with Gasteiger partial charge in [-0.3, -0.25) is 0 Å². The molecule has 3 heteroatoms. The smallest absolute Gasteiger partial charge is 0.179 e. The van der Waals surface area contributed by atoms with Crippen molar-refractivity contribution >= 4 is 0 Å². The number of furan rings is 2. The van der Waals surface area contributed by atoms with Crippen LogP contribution in [0.3, 0.4) is 0 Å². The molecule has 2 aromatic heterocycles. The zero-order valence-electron chi connectivity index (χ0n) is 6.24. The normalized spacial score (nSPS) is 13.3. The molecule has 0 bridgehead atoms. The van der Waals surface area contributed by atoms with Crippen molar-refractivity contribution in [1.29, 1.82) is 0 Å². The van der Waals surface area contributed by atoms with E-state index in [1.54, 1.807) is 12.5 Å². The van der Waals surface area contributed by atoms with Crippen molar-refractivity contribution < 1.29 is 13.6 Å². The Kier molecular flexibility index (Phi) is 0.961. The van der Waals surface area contributed by atoms with Crippen molar-refractivity contribution in [3.05, 3.63) is 30.4 Å². The zero-order chi connectivity index (χ0) is 7.97. The maximum absolute atomic E-state index is 5.36. The lowest BCUT2D eigenvalue weighted by Crippen LogP contribution is -2.00. The van der Waals surface area contributed by atoms with E-state index < -0.39 is 0 Å². The first-order valence-corrected chi connectivity index (χ1v) is 3.72. The van der Waals surface area contributed by atoms with Gasteiger partial charge in [0.2, 0.25) is 0 Å². The molecule has 0 saturated carbocycles. The second kappa shape index (κ2) is 1.94. The van der Waals surface area contributed by atoms with Crippen LogP contribution in [-0.2, 0) is 6.61 Å². The minimum absolute atomic E-state index is 0.495. The van der Waals surface area contributed by atoms with Gasteiger partial charge in [-0.1, -0.05) is 0 Å². The van der Waals surface area contributed by atoms with E-state index in [4.69, 9.17) is 13.6 Å². The van der Waals surface area contributed by atoms with Gasteiger partial charge in [0.15, 0.2) is 17.3 Å². The summed E-state index contributed by atoms with van der Waals surface area (Å²) >= 11 is 0. The Bertz CT molecular complexity index is 371. The van der Waals surface area contributed by atoms with E-state index in [1.807, 2.05) is 12.1 Å². The largest absolute Gasteiger partial charge is 0.482 e. The van der Waals surface area contributed by atoms with Gasteiger partial charge >= 0.3 is 0 Å². The molecule has 60 valence electrons. The van der Waals surface area contributed by atoms with Crippen LogP contribution in [0.4, 0.5) is 0 Å². The second-order valence-corrected chi connectivity index (χ2v) is 2.66. The fraction of sp³-hybridized carbons (Fsp3) is 0.111. The number of ether oxygens (including phenoxy) is 1. The van der Waals surface area contributed by atoms with Crippen molar-refractivity contribution in [3.63, 3.8) is 0 Å². The Morgan fingerprint density at radius 3 is 3.00 bits per heavy atom. The second-order valence-electron chi connectivity index (χ2n) is 2.66. The van der Waals surface area contributed by atoms with Gasteiger partial charge in [-0.05, 0) is 6.07 Å². The van der Waals surface area contributed by atoms with Crippen LogP contribution < -0.4 is 4.74 Å². The predicted octanol–water partition coefficient (Wildman–Crippen LogP) is 2.43. The van der Waals surface area contributed by atoms with Gasteiger partial charge in [0.25, 0.3) is 0 Å². The molecule has 0 amide bonds. The van der Waals surface area contributed by atoms with E-state index in [-0.39, 0.29) is 0 Å². The lowest BCUT2D eigenvalue weighted by atomic mass is 10.1. The van der Waals surface area contributed by atoms with E-state index in [9.17, 15) is 0 Å². The summed E-state index contributed by atoms with van der Waals surface area (Å²) in [6.07, 6.45) is 3.26. The number of hydrogen-bond acceptors (Lipinski definition) is 3. The Labute approximate surface area is 68.5 Å². The summed E-state index contributed by atoms with van der Waals surface area (Å²) < 4.78 is 15.8. The lowest BCUT2D eigenvalue weighted by molar-refractivity contribution is 0.262. The van der Waals surface area contributed by atoms with Crippen molar-refractivity contribution in [2.75, 3.05) is 0 Å². The molecule has 0 fully saturated rings. The van der Waals surface area contributed by atoms with E-state index in [1.165, 1.54) is 0 Å². The van der Waals surface area contributed by atoms with Gasteiger partial charge in [0, 0.05) is 6.07 Å². The Morgan fingerprint density at radius 2 is 2.00 bits per heavy atom. The van der Waals surface area contributed by atoms with E-state index in [0.29, 0.717) is 6.61 Å². The molecule has 0 aliphatic carbocycles. The number of fused-ring (bicyclic) bond motifs is 3. The van der Waals surface area contributed by atoms with Crippen LogP contribution in [0.25, 0.3) is 11.3 Å². The molecular formula is C9H6O3. The van der Waals surface area contributed by atoms with Gasteiger partial charge in [-0.2, -0.15) is 0 Å². The fourth-order valence-corrected chi connectivity index (χ4v) is 1.41. The number of hydrogen-bond donors (Lipinski definition) is 0. The van der Waals surface area contributed by atoms with Crippen LogP contribution in [0.5, 0.6) is 5.75 Å². The van der Waals surface area contributed by atoms with Crippen LogP contribution in [0, 0.1) is 0 Å². The molecule has 12 heavy (non-hydrogen) atoms. The topological polar surface area (TPSA) is 35.5 Å². The third kappa shape index (κ3) is 0.605. The van der Waals surface area contributed by atoms with Gasteiger partial charge in [0.05, 0.1) is 18.1 Å². The quantitative estimate of drug-likeness (QED) is 0.596. The first-order chi connectivity index (χ1) is 5.95. The van der Waals surface area contributed by atoms with E-state index in [2.05, 4.69) is 0 Å². The summed E-state index contributed by atoms with van der Waals surface area (Å²) in [5, 5.41) is 0. The molecule has 0 N–H and O–H groups in total. The molecule has 3 rings (SSSR count). The fourth-order valence-electron chi connectivity index (χ4n) is 1.41. The summed E-state index contributed by atoms with van der Waals surface area (Å²) in [4.78, 5) is 0. The highest BCUT2D eigenvalue weighted by atomic mass is 16.5. The van der Waals surface area contributed by atoms with Crippen molar-refractivity contribution in [1.82, 2.24) is 0 Å². The molecule has 0 radical (unpaired) electrons. The minimum Gasteiger partial charge on any atom is -0.482 e. The molecule has 0 spiro atoms. The summed E-state index contributed by atoms with van der Waals surface area (Å²) in [6.45, 7) is 0.495. The van der Waals surface area contributed by atoms with Crippen LogP contribution in [0.1, 0.15) is 5.76 Å². The summed E-state index contributed by atoms with van der Waals surface area (Å²) in [6, 6.07) is 3.70. The SMILES string of the molecule is c1cc2c(o1)COc1ccoc1-2. The van der Waals surface area contributed by atoms with Crippen LogP contribution >= 0.6 is 0 Å². The average molecular weight is 162 g/mol. The highest BCUT2D eigenvalue weighted by Gasteiger charge is 2.22.